The first-order valence-electron chi connectivity index (χ1n) is 6.13. The molecule has 0 aliphatic carbocycles. The van der Waals surface area contributed by atoms with Gasteiger partial charge in [-0.3, -0.25) is 0 Å². The Morgan fingerprint density at radius 1 is 1.12 bits per heavy atom. The number of hydrogen-bond acceptors (Lipinski definition) is 4. The lowest BCUT2D eigenvalue weighted by atomic mass is 10.3. The Morgan fingerprint density at radius 3 is 2.50 bits per heavy atom. The monoisotopic (exact) mass is 228 g/mol. The van der Waals surface area contributed by atoms with Gasteiger partial charge >= 0.3 is 0 Å². The van der Waals surface area contributed by atoms with Crippen molar-refractivity contribution in [1.82, 2.24) is 5.32 Å². The van der Waals surface area contributed by atoms with Gasteiger partial charge < -0.3 is 14.8 Å². The largest absolute Gasteiger partial charge is 0.379 e. The molecule has 0 aromatic rings. The number of ether oxygens (including phenoxy) is 2. The third kappa shape index (κ3) is 9.91. The number of nitrogens with one attached hydrogen (secondary N) is 1. The van der Waals surface area contributed by atoms with Crippen LogP contribution < -0.4 is 5.32 Å². The average Bonchev–Trinajstić information content (AvgIpc) is 2.32. The minimum atomic E-state index is -0.199. The van der Waals surface area contributed by atoms with E-state index in [2.05, 4.69) is 25.2 Å². The normalized spacial score (nSPS) is 12.3. The van der Waals surface area contributed by atoms with E-state index in [9.17, 15) is 0 Å². The zero-order valence-electron chi connectivity index (χ0n) is 10.5. The Bertz CT molecular complexity index is 180. The van der Waals surface area contributed by atoms with Crippen LogP contribution in [-0.2, 0) is 9.47 Å². The first-order valence-corrected chi connectivity index (χ1v) is 6.13. The van der Waals surface area contributed by atoms with Gasteiger partial charge in [0.2, 0.25) is 0 Å². The highest BCUT2D eigenvalue weighted by Gasteiger charge is 2.04. The van der Waals surface area contributed by atoms with Gasteiger partial charge in [-0.15, -0.1) is 0 Å². The molecule has 16 heavy (non-hydrogen) atoms. The minimum absolute atomic E-state index is 0.199. The van der Waals surface area contributed by atoms with Gasteiger partial charge in [0.15, 0.2) is 0 Å². The van der Waals surface area contributed by atoms with Crippen LogP contribution in [0.15, 0.2) is 0 Å². The zero-order chi connectivity index (χ0) is 12.1. The van der Waals surface area contributed by atoms with Crippen LogP contribution in [0.1, 0.15) is 33.1 Å². The van der Waals surface area contributed by atoms with Gasteiger partial charge in [-0.1, -0.05) is 20.3 Å². The summed E-state index contributed by atoms with van der Waals surface area (Å²) < 4.78 is 10.7. The molecule has 0 spiro atoms. The standard InChI is InChI=1S/C12H24N2O2/c1-3-5-7-15-8-9-16-11-12(10-13)14-6-4-2/h12,14H,3-9,11H2,1-2H3. The van der Waals surface area contributed by atoms with Crippen molar-refractivity contribution in [3.05, 3.63) is 0 Å². The average molecular weight is 228 g/mol. The van der Waals surface area contributed by atoms with E-state index in [4.69, 9.17) is 14.7 Å². The SMILES string of the molecule is CCCCOCCOCC(C#N)NCCC. The van der Waals surface area contributed by atoms with Crippen molar-refractivity contribution in [3.8, 4) is 6.07 Å². The summed E-state index contributed by atoms with van der Waals surface area (Å²) >= 11 is 0. The van der Waals surface area contributed by atoms with Gasteiger partial charge in [0.1, 0.15) is 6.04 Å². The smallest absolute Gasteiger partial charge is 0.119 e. The Morgan fingerprint density at radius 2 is 1.88 bits per heavy atom. The highest BCUT2D eigenvalue weighted by molar-refractivity contribution is 4.89. The molecule has 1 atom stereocenters. The number of nitriles is 1. The van der Waals surface area contributed by atoms with Crippen LogP contribution in [0, 0.1) is 11.3 Å². The topological polar surface area (TPSA) is 54.3 Å². The molecule has 0 amide bonds. The van der Waals surface area contributed by atoms with Crippen molar-refractivity contribution >= 4 is 0 Å². The maximum absolute atomic E-state index is 8.80. The predicted octanol–water partition coefficient (Wildman–Crippen LogP) is 1.71. The zero-order valence-corrected chi connectivity index (χ0v) is 10.5. The van der Waals surface area contributed by atoms with E-state index in [-0.39, 0.29) is 6.04 Å². The highest BCUT2D eigenvalue weighted by atomic mass is 16.5. The highest BCUT2D eigenvalue weighted by Crippen LogP contribution is 1.89. The van der Waals surface area contributed by atoms with Crippen molar-refractivity contribution < 1.29 is 9.47 Å². The molecule has 0 radical (unpaired) electrons. The molecule has 0 saturated heterocycles. The van der Waals surface area contributed by atoms with Crippen LogP contribution in [0.25, 0.3) is 0 Å². The lowest BCUT2D eigenvalue weighted by Gasteiger charge is -2.11. The quantitative estimate of drug-likeness (QED) is 0.547. The fourth-order valence-corrected chi connectivity index (χ4v) is 1.13. The molecule has 1 N–H and O–H groups in total. The molecule has 0 aliphatic rings. The van der Waals surface area contributed by atoms with Gasteiger partial charge in [0.25, 0.3) is 0 Å². The fourth-order valence-electron chi connectivity index (χ4n) is 1.13. The molecule has 0 aromatic carbocycles. The van der Waals surface area contributed by atoms with Gasteiger partial charge in [-0.05, 0) is 19.4 Å². The third-order valence-corrected chi connectivity index (χ3v) is 2.10. The maximum Gasteiger partial charge on any atom is 0.119 e. The van der Waals surface area contributed by atoms with Crippen LogP contribution in [0.2, 0.25) is 0 Å². The van der Waals surface area contributed by atoms with E-state index in [0.29, 0.717) is 19.8 Å². The lowest BCUT2D eigenvalue weighted by Crippen LogP contribution is -2.33. The van der Waals surface area contributed by atoms with E-state index in [0.717, 1.165) is 32.4 Å². The van der Waals surface area contributed by atoms with Gasteiger partial charge in [-0.2, -0.15) is 5.26 Å². The second-order valence-electron chi connectivity index (χ2n) is 3.68. The second kappa shape index (κ2) is 12.4. The first kappa shape index (κ1) is 15.4. The maximum atomic E-state index is 8.80. The van der Waals surface area contributed by atoms with Crippen LogP contribution in [-0.4, -0.2) is 39.0 Å². The van der Waals surface area contributed by atoms with Gasteiger partial charge in [0, 0.05) is 6.61 Å². The lowest BCUT2D eigenvalue weighted by molar-refractivity contribution is 0.0429. The number of rotatable bonds is 11. The van der Waals surface area contributed by atoms with E-state index >= 15 is 0 Å². The Hall–Kier alpha value is -0.630. The van der Waals surface area contributed by atoms with Crippen molar-refractivity contribution in [2.45, 2.75) is 39.2 Å². The van der Waals surface area contributed by atoms with E-state index in [1.165, 1.54) is 0 Å². The molecule has 0 saturated carbocycles. The summed E-state index contributed by atoms with van der Waals surface area (Å²) in [6, 6.07) is 1.97. The molecular weight excluding hydrogens is 204 g/mol. The Kier molecular flexibility index (Phi) is 11.9. The summed E-state index contributed by atoms with van der Waals surface area (Å²) in [5, 5.41) is 11.9. The number of hydrogen-bond donors (Lipinski definition) is 1. The number of unbranched alkanes of at least 4 members (excludes halogenated alkanes) is 1. The Balaban J connectivity index is 3.25. The molecular formula is C12H24N2O2. The summed E-state index contributed by atoms with van der Waals surface area (Å²) in [4.78, 5) is 0. The number of nitrogens with zero attached hydrogens (tertiary/aromatic N) is 1. The summed E-state index contributed by atoms with van der Waals surface area (Å²) in [6.45, 7) is 7.49. The summed E-state index contributed by atoms with van der Waals surface area (Å²) in [7, 11) is 0. The first-order chi connectivity index (χ1) is 7.85. The van der Waals surface area contributed by atoms with Crippen LogP contribution in [0.5, 0.6) is 0 Å². The van der Waals surface area contributed by atoms with Crippen molar-refractivity contribution in [3.63, 3.8) is 0 Å². The second-order valence-corrected chi connectivity index (χ2v) is 3.68. The van der Waals surface area contributed by atoms with Crippen molar-refractivity contribution in [2.75, 3.05) is 33.0 Å². The predicted molar refractivity (Wildman–Crippen MR) is 64.2 cm³/mol. The van der Waals surface area contributed by atoms with Crippen molar-refractivity contribution in [2.24, 2.45) is 0 Å². The molecule has 0 heterocycles. The van der Waals surface area contributed by atoms with E-state index < -0.39 is 0 Å². The molecule has 4 nitrogen and oxygen atoms in total. The summed E-state index contributed by atoms with van der Waals surface area (Å²) in [5.41, 5.74) is 0. The molecule has 0 fully saturated rings. The Labute approximate surface area is 98.9 Å². The summed E-state index contributed by atoms with van der Waals surface area (Å²) in [5.74, 6) is 0. The van der Waals surface area contributed by atoms with E-state index in [1.807, 2.05) is 0 Å². The van der Waals surface area contributed by atoms with Crippen LogP contribution in [0.4, 0.5) is 0 Å². The van der Waals surface area contributed by atoms with Crippen LogP contribution in [0.3, 0.4) is 0 Å². The minimum Gasteiger partial charge on any atom is -0.379 e. The molecule has 94 valence electrons. The molecule has 1 unspecified atom stereocenters. The van der Waals surface area contributed by atoms with E-state index in [1.54, 1.807) is 0 Å². The van der Waals surface area contributed by atoms with Crippen molar-refractivity contribution in [1.29, 1.82) is 5.26 Å². The molecule has 4 heteroatoms. The van der Waals surface area contributed by atoms with Crippen LogP contribution >= 0.6 is 0 Å². The fraction of sp³-hybridized carbons (Fsp3) is 0.917. The van der Waals surface area contributed by atoms with Gasteiger partial charge in [-0.25, -0.2) is 0 Å². The summed E-state index contributed by atoms with van der Waals surface area (Å²) in [6.07, 6.45) is 3.27. The molecule has 0 aromatic heterocycles. The molecule has 0 rings (SSSR count). The van der Waals surface area contributed by atoms with Gasteiger partial charge in [0.05, 0.1) is 25.9 Å². The molecule has 0 aliphatic heterocycles. The molecule has 0 bridgehead atoms. The third-order valence-electron chi connectivity index (χ3n) is 2.10.